The predicted molar refractivity (Wildman–Crippen MR) is 94.5 cm³/mol. The zero-order valence-corrected chi connectivity index (χ0v) is 13.2. The number of aromatic nitrogens is 4. The van der Waals surface area contributed by atoms with E-state index >= 15 is 0 Å². The number of aromatic amines is 2. The van der Waals surface area contributed by atoms with Crippen LogP contribution in [0.1, 0.15) is 5.56 Å². The van der Waals surface area contributed by atoms with E-state index in [2.05, 4.69) is 20.1 Å². The van der Waals surface area contributed by atoms with Gasteiger partial charge in [0.25, 0.3) is 0 Å². The molecule has 0 unspecified atom stereocenters. The molecule has 0 fully saturated rings. The summed E-state index contributed by atoms with van der Waals surface area (Å²) in [6, 6.07) is 8.87. The number of H-pyrrole nitrogens is 2. The van der Waals surface area contributed by atoms with Gasteiger partial charge in [0.15, 0.2) is 0 Å². The fourth-order valence-corrected chi connectivity index (χ4v) is 2.71. The van der Waals surface area contributed by atoms with Gasteiger partial charge in [-0.05, 0) is 18.2 Å². The van der Waals surface area contributed by atoms with Gasteiger partial charge in [0.05, 0.1) is 29.7 Å². The topological polar surface area (TPSA) is 105 Å². The lowest BCUT2D eigenvalue weighted by atomic mass is 10.2. The van der Waals surface area contributed by atoms with Crippen molar-refractivity contribution in [3.63, 3.8) is 0 Å². The molecule has 8 heteroatoms. The van der Waals surface area contributed by atoms with Gasteiger partial charge in [-0.15, -0.1) is 4.68 Å². The normalized spacial score (nSPS) is 11.6. The summed E-state index contributed by atoms with van der Waals surface area (Å²) in [6.45, 7) is 0. The smallest absolute Gasteiger partial charge is 0.350 e. The number of ether oxygens (including phenoxy) is 1. The molecule has 1 aromatic carbocycles. The minimum absolute atomic E-state index is 0.252. The summed E-state index contributed by atoms with van der Waals surface area (Å²) in [5.74, 6) is 0.565. The van der Waals surface area contributed by atoms with Crippen LogP contribution in [0.25, 0.3) is 21.9 Å². The second-order valence-electron chi connectivity index (χ2n) is 5.34. The van der Waals surface area contributed by atoms with E-state index in [1.165, 1.54) is 13.3 Å². The first-order chi connectivity index (χ1) is 12.2. The molecule has 0 aliphatic carbocycles. The number of fused-ring (bicyclic) bond motifs is 3. The Morgan fingerprint density at radius 2 is 2.04 bits per heavy atom. The van der Waals surface area contributed by atoms with Crippen LogP contribution >= 0.6 is 0 Å². The van der Waals surface area contributed by atoms with Gasteiger partial charge in [-0.25, -0.2) is 4.79 Å². The van der Waals surface area contributed by atoms with Crippen LogP contribution in [-0.2, 0) is 0 Å². The molecule has 0 aliphatic rings. The Balaban J connectivity index is 1.96. The van der Waals surface area contributed by atoms with Gasteiger partial charge in [-0.2, -0.15) is 5.10 Å². The predicted octanol–water partition coefficient (Wildman–Crippen LogP) is 1.46. The van der Waals surface area contributed by atoms with Gasteiger partial charge in [-0.1, -0.05) is 12.1 Å². The summed E-state index contributed by atoms with van der Waals surface area (Å²) >= 11 is 0. The summed E-state index contributed by atoms with van der Waals surface area (Å²) in [4.78, 5) is 34.7. The van der Waals surface area contributed by atoms with Crippen molar-refractivity contribution in [3.8, 4) is 5.75 Å². The van der Waals surface area contributed by atoms with E-state index in [-0.39, 0.29) is 5.52 Å². The van der Waals surface area contributed by atoms with E-state index in [1.54, 1.807) is 42.7 Å². The average Bonchev–Trinajstić information content (AvgIpc) is 3.01. The highest BCUT2D eigenvalue weighted by molar-refractivity contribution is 6.07. The van der Waals surface area contributed by atoms with Gasteiger partial charge < -0.3 is 14.7 Å². The molecule has 4 rings (SSSR count). The van der Waals surface area contributed by atoms with Crippen LogP contribution in [0.2, 0.25) is 0 Å². The Hall–Kier alpha value is -3.68. The Labute approximate surface area is 140 Å². The van der Waals surface area contributed by atoms with Gasteiger partial charge in [0.1, 0.15) is 11.3 Å². The van der Waals surface area contributed by atoms with Crippen molar-refractivity contribution in [3.05, 3.63) is 69.1 Å². The number of benzene rings is 1. The summed E-state index contributed by atoms with van der Waals surface area (Å²) in [7, 11) is 1.53. The van der Waals surface area contributed by atoms with E-state index in [4.69, 9.17) is 4.74 Å². The first-order valence-electron chi connectivity index (χ1n) is 7.47. The maximum Gasteiger partial charge on any atom is 0.350 e. The first-order valence-corrected chi connectivity index (χ1v) is 7.47. The van der Waals surface area contributed by atoms with Gasteiger partial charge >= 0.3 is 11.2 Å². The molecule has 8 nitrogen and oxygen atoms in total. The molecule has 0 saturated carbocycles. The Kier molecular flexibility index (Phi) is 3.42. The third-order valence-electron chi connectivity index (χ3n) is 3.84. The molecule has 0 spiro atoms. The standard InChI is InChI=1S/C17H13N5O3/c1-25-12-6-2-5-11-13(12)14-15(20-11)16(23)22(17(24)21-14)19-9-10-4-3-7-18-8-10/h2-9,20H,1H3,(H,21,24)/b19-9-. The van der Waals surface area contributed by atoms with Crippen molar-refractivity contribution >= 4 is 28.2 Å². The average molecular weight is 335 g/mol. The van der Waals surface area contributed by atoms with Crippen LogP contribution in [0.5, 0.6) is 5.75 Å². The fraction of sp³-hybridized carbons (Fsp3) is 0.0588. The van der Waals surface area contributed by atoms with E-state index in [9.17, 15) is 9.59 Å². The number of hydrogen-bond acceptors (Lipinski definition) is 5. The maximum atomic E-state index is 12.7. The highest BCUT2D eigenvalue weighted by Crippen LogP contribution is 2.29. The molecule has 25 heavy (non-hydrogen) atoms. The molecule has 0 radical (unpaired) electrons. The lowest BCUT2D eigenvalue weighted by Crippen LogP contribution is -2.32. The zero-order valence-electron chi connectivity index (χ0n) is 13.2. The van der Waals surface area contributed by atoms with Crippen LogP contribution in [0, 0.1) is 0 Å². The van der Waals surface area contributed by atoms with Crippen molar-refractivity contribution in [1.82, 2.24) is 19.6 Å². The summed E-state index contributed by atoms with van der Waals surface area (Å²) < 4.78 is 6.10. The molecule has 3 aromatic heterocycles. The molecule has 3 heterocycles. The Morgan fingerprint density at radius 1 is 1.16 bits per heavy atom. The fourth-order valence-electron chi connectivity index (χ4n) is 2.71. The molecular formula is C17H13N5O3. The highest BCUT2D eigenvalue weighted by Gasteiger charge is 2.15. The Bertz CT molecular complexity index is 1220. The SMILES string of the molecule is COc1cccc2[nH]c3c(=O)n(/N=C\c4cccnc4)c(=O)[nH]c3c12. The highest BCUT2D eigenvalue weighted by atomic mass is 16.5. The second-order valence-corrected chi connectivity index (χ2v) is 5.34. The zero-order chi connectivity index (χ0) is 17.4. The minimum Gasteiger partial charge on any atom is -0.496 e. The van der Waals surface area contributed by atoms with E-state index < -0.39 is 11.2 Å². The number of hydrogen-bond donors (Lipinski definition) is 2. The van der Waals surface area contributed by atoms with E-state index in [0.717, 1.165) is 4.68 Å². The number of methoxy groups -OCH3 is 1. The summed E-state index contributed by atoms with van der Waals surface area (Å²) in [6.07, 6.45) is 4.61. The molecule has 4 aromatic rings. The van der Waals surface area contributed by atoms with Crippen molar-refractivity contribution in [2.45, 2.75) is 0 Å². The van der Waals surface area contributed by atoms with Crippen molar-refractivity contribution in [2.75, 3.05) is 7.11 Å². The molecule has 124 valence electrons. The van der Waals surface area contributed by atoms with Crippen LogP contribution in [0.4, 0.5) is 0 Å². The molecule has 0 saturated heterocycles. The Morgan fingerprint density at radius 3 is 2.80 bits per heavy atom. The molecule has 0 atom stereocenters. The number of nitrogens with zero attached hydrogens (tertiary/aromatic N) is 3. The van der Waals surface area contributed by atoms with Crippen LogP contribution in [0.15, 0.2) is 57.4 Å². The third kappa shape index (κ3) is 2.40. The van der Waals surface area contributed by atoms with Crippen LogP contribution in [0.3, 0.4) is 0 Å². The molecule has 2 N–H and O–H groups in total. The third-order valence-corrected chi connectivity index (χ3v) is 3.84. The minimum atomic E-state index is -0.635. The number of pyridine rings is 1. The first kappa shape index (κ1) is 14.9. The largest absolute Gasteiger partial charge is 0.496 e. The van der Waals surface area contributed by atoms with Crippen molar-refractivity contribution < 1.29 is 4.74 Å². The van der Waals surface area contributed by atoms with Gasteiger partial charge in [0.2, 0.25) is 0 Å². The van der Waals surface area contributed by atoms with Gasteiger partial charge in [-0.3, -0.25) is 9.78 Å². The monoisotopic (exact) mass is 335 g/mol. The lowest BCUT2D eigenvalue weighted by molar-refractivity contribution is 0.420. The van der Waals surface area contributed by atoms with E-state index in [1.807, 2.05) is 0 Å². The maximum absolute atomic E-state index is 12.7. The molecule has 0 aliphatic heterocycles. The van der Waals surface area contributed by atoms with Crippen molar-refractivity contribution in [1.29, 1.82) is 0 Å². The van der Waals surface area contributed by atoms with Crippen molar-refractivity contribution in [2.24, 2.45) is 5.10 Å². The van der Waals surface area contributed by atoms with Crippen LogP contribution < -0.4 is 16.0 Å². The molecule has 0 bridgehead atoms. The molecule has 0 amide bonds. The second kappa shape index (κ2) is 5.75. The quantitative estimate of drug-likeness (QED) is 0.553. The summed E-state index contributed by atoms with van der Waals surface area (Å²) in [5.41, 5.74) is 0.836. The lowest BCUT2D eigenvalue weighted by Gasteiger charge is -2.01. The van der Waals surface area contributed by atoms with Gasteiger partial charge in [0, 0.05) is 18.0 Å². The molecular weight excluding hydrogens is 322 g/mol. The van der Waals surface area contributed by atoms with Crippen LogP contribution in [-0.4, -0.2) is 33.0 Å². The number of nitrogens with one attached hydrogen (secondary N) is 2. The number of rotatable bonds is 3. The summed E-state index contributed by atoms with van der Waals surface area (Å²) in [5, 5.41) is 4.63. The van der Waals surface area contributed by atoms with E-state index in [0.29, 0.717) is 27.7 Å².